The van der Waals surface area contributed by atoms with E-state index in [4.69, 9.17) is 5.73 Å². The number of hydrogen-bond donors (Lipinski definition) is 3. The van der Waals surface area contributed by atoms with Gasteiger partial charge in [-0.2, -0.15) is 0 Å². The first-order valence-corrected chi connectivity index (χ1v) is 6.82. The van der Waals surface area contributed by atoms with E-state index in [9.17, 15) is 9.59 Å². The second kappa shape index (κ2) is 6.26. The number of carbonyl (C=O) groups is 2. The summed E-state index contributed by atoms with van der Waals surface area (Å²) in [6, 6.07) is 12.2. The summed E-state index contributed by atoms with van der Waals surface area (Å²) in [5, 5.41) is 0. The molecule has 2 rings (SSSR count). The number of hydrogen-bond acceptors (Lipinski definition) is 5. The summed E-state index contributed by atoms with van der Waals surface area (Å²) in [5.41, 5.74) is 6.48. The van der Waals surface area contributed by atoms with E-state index in [0.717, 1.165) is 0 Å². The van der Waals surface area contributed by atoms with Crippen LogP contribution in [0.4, 0.5) is 0 Å². The minimum absolute atomic E-state index is 0.341. The standard InChI is InChI=1S/C15H13NO2S2/c16-13(14(17)9-5-1-3-7-11(9)19)15(18)10-6-2-4-8-12(10)20/h1-8,13,19-20H,16H2. The molecule has 0 aromatic heterocycles. The number of benzene rings is 2. The predicted molar refractivity (Wildman–Crippen MR) is 84.0 cm³/mol. The molecule has 0 aliphatic carbocycles. The van der Waals surface area contributed by atoms with Crippen LogP contribution in [0.1, 0.15) is 20.7 Å². The van der Waals surface area contributed by atoms with Crippen molar-refractivity contribution in [3.05, 3.63) is 59.7 Å². The van der Waals surface area contributed by atoms with Gasteiger partial charge in [0.1, 0.15) is 6.04 Å². The molecule has 0 amide bonds. The molecular formula is C15H13NO2S2. The van der Waals surface area contributed by atoms with Gasteiger partial charge in [0.05, 0.1) is 0 Å². The van der Waals surface area contributed by atoms with Gasteiger partial charge in [-0.3, -0.25) is 9.59 Å². The van der Waals surface area contributed by atoms with Gasteiger partial charge in [-0.1, -0.05) is 36.4 Å². The third-order valence-electron chi connectivity index (χ3n) is 2.90. The summed E-state index contributed by atoms with van der Waals surface area (Å²) in [4.78, 5) is 25.5. The molecule has 0 aliphatic rings. The fraction of sp³-hybridized carbons (Fsp3) is 0.0667. The molecule has 3 nitrogen and oxygen atoms in total. The van der Waals surface area contributed by atoms with Crippen LogP contribution in [-0.2, 0) is 0 Å². The van der Waals surface area contributed by atoms with Crippen molar-refractivity contribution in [1.82, 2.24) is 0 Å². The average Bonchev–Trinajstić information content (AvgIpc) is 2.46. The number of rotatable bonds is 4. The zero-order valence-electron chi connectivity index (χ0n) is 10.5. The molecule has 0 heterocycles. The topological polar surface area (TPSA) is 60.2 Å². The van der Waals surface area contributed by atoms with Crippen LogP contribution in [0.2, 0.25) is 0 Å². The molecule has 20 heavy (non-hydrogen) atoms. The molecule has 2 aromatic carbocycles. The third-order valence-corrected chi connectivity index (χ3v) is 3.68. The van der Waals surface area contributed by atoms with Crippen LogP contribution in [0.15, 0.2) is 58.3 Å². The molecule has 0 saturated carbocycles. The lowest BCUT2D eigenvalue weighted by Crippen LogP contribution is -2.39. The van der Waals surface area contributed by atoms with E-state index in [1.54, 1.807) is 48.5 Å². The quantitative estimate of drug-likeness (QED) is 0.462. The number of Topliss-reactive ketones (excluding diaryl/α,β-unsaturated/α-hetero) is 2. The zero-order valence-corrected chi connectivity index (χ0v) is 12.3. The predicted octanol–water partition coefficient (Wildman–Crippen LogP) is 2.66. The van der Waals surface area contributed by atoms with Crippen LogP contribution in [0.5, 0.6) is 0 Å². The Morgan fingerprint density at radius 2 is 1.15 bits per heavy atom. The summed E-state index contributed by atoms with van der Waals surface area (Å²) in [7, 11) is 0. The van der Waals surface area contributed by atoms with Crippen molar-refractivity contribution in [3.8, 4) is 0 Å². The molecule has 0 saturated heterocycles. The van der Waals surface area contributed by atoms with Crippen molar-refractivity contribution in [2.45, 2.75) is 15.8 Å². The smallest absolute Gasteiger partial charge is 0.188 e. The molecule has 102 valence electrons. The summed E-state index contributed by atoms with van der Waals surface area (Å²) < 4.78 is 0. The van der Waals surface area contributed by atoms with E-state index in [2.05, 4.69) is 25.3 Å². The monoisotopic (exact) mass is 303 g/mol. The van der Waals surface area contributed by atoms with Crippen LogP contribution in [0.25, 0.3) is 0 Å². The van der Waals surface area contributed by atoms with Crippen molar-refractivity contribution < 1.29 is 9.59 Å². The maximum atomic E-state index is 12.3. The molecule has 0 aliphatic heterocycles. The molecule has 0 fully saturated rings. The van der Waals surface area contributed by atoms with Gasteiger partial charge in [0.25, 0.3) is 0 Å². The number of nitrogens with two attached hydrogens (primary N) is 1. The van der Waals surface area contributed by atoms with Crippen LogP contribution < -0.4 is 5.73 Å². The van der Waals surface area contributed by atoms with Crippen LogP contribution in [-0.4, -0.2) is 17.6 Å². The maximum Gasteiger partial charge on any atom is 0.188 e. The normalized spacial score (nSPS) is 10.6. The molecule has 5 heteroatoms. The first-order chi connectivity index (χ1) is 9.52. The van der Waals surface area contributed by atoms with Crippen LogP contribution >= 0.6 is 25.3 Å². The fourth-order valence-corrected chi connectivity index (χ4v) is 2.36. The van der Waals surface area contributed by atoms with Crippen molar-refractivity contribution in [2.24, 2.45) is 5.73 Å². The van der Waals surface area contributed by atoms with E-state index in [0.29, 0.717) is 20.9 Å². The zero-order chi connectivity index (χ0) is 14.7. The Hall–Kier alpha value is -1.56. The summed E-state index contributed by atoms with van der Waals surface area (Å²) in [6.45, 7) is 0. The third kappa shape index (κ3) is 2.95. The maximum absolute atomic E-state index is 12.3. The van der Waals surface area contributed by atoms with Gasteiger partial charge in [0.15, 0.2) is 11.6 Å². The Morgan fingerprint density at radius 3 is 1.50 bits per heavy atom. The highest BCUT2D eigenvalue weighted by molar-refractivity contribution is 7.80. The van der Waals surface area contributed by atoms with Gasteiger partial charge in [0.2, 0.25) is 0 Å². The van der Waals surface area contributed by atoms with Crippen LogP contribution in [0, 0.1) is 0 Å². The van der Waals surface area contributed by atoms with Crippen molar-refractivity contribution >= 4 is 36.8 Å². The molecule has 2 N–H and O–H groups in total. The van der Waals surface area contributed by atoms with Gasteiger partial charge in [-0.25, -0.2) is 0 Å². The Bertz CT molecular complexity index is 613. The second-order valence-electron chi connectivity index (χ2n) is 4.24. The number of thiol groups is 2. The summed E-state index contributed by atoms with van der Waals surface area (Å²) in [6.07, 6.45) is 0. The Balaban J connectivity index is 2.30. The Kier molecular flexibility index (Phi) is 4.65. The molecule has 0 spiro atoms. The first kappa shape index (κ1) is 14.8. The van der Waals surface area contributed by atoms with E-state index in [-0.39, 0.29) is 0 Å². The minimum atomic E-state index is -1.25. The number of carbonyl (C=O) groups excluding carboxylic acids is 2. The van der Waals surface area contributed by atoms with Gasteiger partial charge in [0, 0.05) is 20.9 Å². The van der Waals surface area contributed by atoms with E-state index in [1.165, 1.54) is 0 Å². The molecule has 0 radical (unpaired) electrons. The van der Waals surface area contributed by atoms with Crippen molar-refractivity contribution in [3.63, 3.8) is 0 Å². The number of ketones is 2. The van der Waals surface area contributed by atoms with Crippen molar-refractivity contribution in [1.29, 1.82) is 0 Å². The minimum Gasteiger partial charge on any atom is -0.315 e. The van der Waals surface area contributed by atoms with E-state index < -0.39 is 17.6 Å². The van der Waals surface area contributed by atoms with Crippen molar-refractivity contribution in [2.75, 3.05) is 0 Å². The summed E-state index contributed by atoms with van der Waals surface area (Å²) in [5.74, 6) is -0.894. The lowest BCUT2D eigenvalue weighted by atomic mass is 9.97. The molecule has 2 aromatic rings. The van der Waals surface area contributed by atoms with E-state index in [1.807, 2.05) is 0 Å². The lowest BCUT2D eigenvalue weighted by Gasteiger charge is -2.12. The van der Waals surface area contributed by atoms with Gasteiger partial charge >= 0.3 is 0 Å². The Morgan fingerprint density at radius 1 is 0.800 bits per heavy atom. The van der Waals surface area contributed by atoms with Gasteiger partial charge < -0.3 is 5.73 Å². The van der Waals surface area contributed by atoms with Gasteiger partial charge in [-0.15, -0.1) is 25.3 Å². The lowest BCUT2D eigenvalue weighted by molar-refractivity contribution is 0.0860. The molecule has 0 unspecified atom stereocenters. The first-order valence-electron chi connectivity index (χ1n) is 5.92. The molecule has 0 atom stereocenters. The average molecular weight is 303 g/mol. The summed E-state index contributed by atoms with van der Waals surface area (Å²) >= 11 is 8.41. The second-order valence-corrected chi connectivity index (χ2v) is 5.20. The van der Waals surface area contributed by atoms with Crippen LogP contribution in [0.3, 0.4) is 0 Å². The Labute approximate surface area is 128 Å². The SMILES string of the molecule is NC(C(=O)c1ccccc1S)C(=O)c1ccccc1S. The highest BCUT2D eigenvalue weighted by atomic mass is 32.1. The fourth-order valence-electron chi connectivity index (χ4n) is 1.82. The van der Waals surface area contributed by atoms with E-state index >= 15 is 0 Å². The largest absolute Gasteiger partial charge is 0.315 e. The molecule has 0 bridgehead atoms. The molecular weight excluding hydrogens is 290 g/mol. The van der Waals surface area contributed by atoms with Gasteiger partial charge in [-0.05, 0) is 12.1 Å². The highest BCUT2D eigenvalue weighted by Crippen LogP contribution is 2.18. The highest BCUT2D eigenvalue weighted by Gasteiger charge is 2.26.